The van der Waals surface area contributed by atoms with Crippen molar-refractivity contribution in [3.8, 4) is 16.3 Å². The number of rotatable bonds is 8. The van der Waals surface area contributed by atoms with Crippen LogP contribution in [-0.2, 0) is 6.42 Å². The van der Waals surface area contributed by atoms with Crippen molar-refractivity contribution < 1.29 is 4.74 Å². The number of hydrogen-bond acceptors (Lipinski definition) is 5. The van der Waals surface area contributed by atoms with Crippen molar-refractivity contribution in [2.75, 3.05) is 20.2 Å². The third-order valence-electron chi connectivity index (χ3n) is 2.97. The molecule has 0 radical (unpaired) electrons. The summed E-state index contributed by atoms with van der Waals surface area (Å²) in [5.74, 6) is 0.862. The second-order valence-electron chi connectivity index (χ2n) is 4.58. The van der Waals surface area contributed by atoms with Gasteiger partial charge in [0.15, 0.2) is 0 Å². The Bertz CT molecular complexity index is 510. The minimum absolute atomic E-state index is 0.862. The fourth-order valence-electron chi connectivity index (χ4n) is 1.87. The molecule has 0 unspecified atom stereocenters. The van der Waals surface area contributed by atoms with E-state index in [-0.39, 0.29) is 0 Å². The van der Waals surface area contributed by atoms with E-state index in [4.69, 9.17) is 4.74 Å². The summed E-state index contributed by atoms with van der Waals surface area (Å²) in [4.78, 5) is 0. The molecule has 0 aliphatic heterocycles. The van der Waals surface area contributed by atoms with Gasteiger partial charge in [0.05, 0.1) is 7.11 Å². The van der Waals surface area contributed by atoms with Gasteiger partial charge in [0.1, 0.15) is 15.8 Å². The minimum Gasteiger partial charge on any atom is -0.497 e. The first kappa shape index (κ1) is 14.9. The van der Waals surface area contributed by atoms with Crippen molar-refractivity contribution in [2.45, 2.75) is 26.2 Å². The molecule has 108 valence electrons. The van der Waals surface area contributed by atoms with Crippen molar-refractivity contribution in [3.05, 3.63) is 29.3 Å². The van der Waals surface area contributed by atoms with Gasteiger partial charge in [-0.05, 0) is 50.2 Å². The van der Waals surface area contributed by atoms with Crippen molar-refractivity contribution >= 4 is 11.3 Å². The summed E-state index contributed by atoms with van der Waals surface area (Å²) in [5.41, 5.74) is 1.10. The van der Waals surface area contributed by atoms with Crippen LogP contribution in [0.4, 0.5) is 0 Å². The predicted octanol–water partition coefficient (Wildman–Crippen LogP) is 3.15. The highest BCUT2D eigenvalue weighted by Crippen LogP contribution is 2.25. The third kappa shape index (κ3) is 4.28. The van der Waals surface area contributed by atoms with Crippen LogP contribution in [0.1, 0.15) is 24.8 Å². The lowest BCUT2D eigenvalue weighted by Crippen LogP contribution is -2.16. The van der Waals surface area contributed by atoms with Gasteiger partial charge in [-0.3, -0.25) is 0 Å². The SMILES string of the molecule is CCCNCCCc1nnc(-c2ccc(OC)cc2)s1. The zero-order valence-corrected chi connectivity index (χ0v) is 12.9. The standard InChI is InChI=1S/C15H21N3OS/c1-3-10-16-11-4-5-14-17-18-15(20-14)12-6-8-13(19-2)9-7-12/h6-9,16H,3-5,10-11H2,1-2H3. The summed E-state index contributed by atoms with van der Waals surface area (Å²) < 4.78 is 5.16. The summed E-state index contributed by atoms with van der Waals surface area (Å²) in [6, 6.07) is 7.94. The molecule has 1 heterocycles. The zero-order valence-electron chi connectivity index (χ0n) is 12.1. The minimum atomic E-state index is 0.862. The monoisotopic (exact) mass is 291 g/mol. The largest absolute Gasteiger partial charge is 0.497 e. The predicted molar refractivity (Wildman–Crippen MR) is 83.4 cm³/mol. The molecule has 2 rings (SSSR count). The molecular weight excluding hydrogens is 270 g/mol. The molecule has 0 amide bonds. The van der Waals surface area contributed by atoms with E-state index in [2.05, 4.69) is 22.4 Å². The number of nitrogens with one attached hydrogen (secondary N) is 1. The molecule has 1 aromatic carbocycles. The van der Waals surface area contributed by atoms with Gasteiger partial charge in [0.2, 0.25) is 0 Å². The number of nitrogens with zero attached hydrogens (tertiary/aromatic N) is 2. The second kappa shape index (κ2) is 7.97. The van der Waals surface area contributed by atoms with Gasteiger partial charge in [0, 0.05) is 12.0 Å². The Morgan fingerprint density at radius 2 is 1.95 bits per heavy atom. The van der Waals surface area contributed by atoms with E-state index in [0.717, 1.165) is 47.3 Å². The average molecular weight is 291 g/mol. The highest BCUT2D eigenvalue weighted by Gasteiger charge is 2.06. The van der Waals surface area contributed by atoms with Crippen LogP contribution in [0.5, 0.6) is 5.75 Å². The maximum absolute atomic E-state index is 5.16. The fraction of sp³-hybridized carbons (Fsp3) is 0.467. The molecule has 20 heavy (non-hydrogen) atoms. The van der Waals surface area contributed by atoms with E-state index < -0.39 is 0 Å². The summed E-state index contributed by atoms with van der Waals surface area (Å²) >= 11 is 1.67. The smallest absolute Gasteiger partial charge is 0.147 e. The summed E-state index contributed by atoms with van der Waals surface area (Å²) in [7, 11) is 1.67. The Morgan fingerprint density at radius 3 is 2.65 bits per heavy atom. The Kier molecular flexibility index (Phi) is 5.95. The Hall–Kier alpha value is -1.46. The number of aromatic nitrogens is 2. The van der Waals surface area contributed by atoms with Crippen LogP contribution in [0.2, 0.25) is 0 Å². The van der Waals surface area contributed by atoms with Gasteiger partial charge in [-0.2, -0.15) is 0 Å². The lowest BCUT2D eigenvalue weighted by atomic mass is 10.2. The highest BCUT2D eigenvalue weighted by atomic mass is 32.1. The quantitative estimate of drug-likeness (QED) is 0.759. The van der Waals surface area contributed by atoms with Crippen LogP contribution in [0, 0.1) is 0 Å². The molecule has 0 aliphatic rings. The topological polar surface area (TPSA) is 47.0 Å². The number of benzene rings is 1. The van der Waals surface area contributed by atoms with Crippen molar-refractivity contribution in [1.29, 1.82) is 0 Å². The Morgan fingerprint density at radius 1 is 1.15 bits per heavy atom. The molecule has 2 aromatic rings. The molecule has 4 nitrogen and oxygen atoms in total. The molecule has 0 aliphatic carbocycles. The molecule has 0 saturated heterocycles. The van der Waals surface area contributed by atoms with E-state index in [9.17, 15) is 0 Å². The maximum atomic E-state index is 5.16. The van der Waals surface area contributed by atoms with Crippen molar-refractivity contribution in [1.82, 2.24) is 15.5 Å². The van der Waals surface area contributed by atoms with E-state index >= 15 is 0 Å². The van der Waals surface area contributed by atoms with Gasteiger partial charge in [0.25, 0.3) is 0 Å². The van der Waals surface area contributed by atoms with Crippen LogP contribution < -0.4 is 10.1 Å². The molecule has 5 heteroatoms. The van der Waals surface area contributed by atoms with Gasteiger partial charge in [-0.25, -0.2) is 0 Å². The first-order valence-electron chi connectivity index (χ1n) is 7.01. The highest BCUT2D eigenvalue weighted by molar-refractivity contribution is 7.14. The van der Waals surface area contributed by atoms with E-state index in [1.165, 1.54) is 6.42 Å². The fourth-order valence-corrected chi connectivity index (χ4v) is 2.76. The van der Waals surface area contributed by atoms with E-state index in [0.29, 0.717) is 0 Å². The van der Waals surface area contributed by atoms with Crippen LogP contribution in [0.15, 0.2) is 24.3 Å². The Balaban J connectivity index is 1.87. The summed E-state index contributed by atoms with van der Waals surface area (Å²) in [5, 5.41) is 14.0. The van der Waals surface area contributed by atoms with E-state index in [1.54, 1.807) is 18.4 Å². The van der Waals surface area contributed by atoms with Crippen LogP contribution in [-0.4, -0.2) is 30.4 Å². The van der Waals surface area contributed by atoms with Crippen molar-refractivity contribution in [2.24, 2.45) is 0 Å². The average Bonchev–Trinajstić information content (AvgIpc) is 2.96. The molecule has 0 fully saturated rings. The first-order chi connectivity index (χ1) is 9.83. The number of methoxy groups -OCH3 is 1. The van der Waals surface area contributed by atoms with Gasteiger partial charge < -0.3 is 10.1 Å². The molecule has 1 aromatic heterocycles. The number of ether oxygens (including phenoxy) is 1. The normalized spacial score (nSPS) is 10.7. The maximum Gasteiger partial charge on any atom is 0.147 e. The molecule has 0 spiro atoms. The van der Waals surface area contributed by atoms with Gasteiger partial charge in [-0.1, -0.05) is 18.3 Å². The van der Waals surface area contributed by atoms with Crippen LogP contribution in [0.25, 0.3) is 10.6 Å². The zero-order chi connectivity index (χ0) is 14.2. The molecular formula is C15H21N3OS. The molecule has 0 atom stereocenters. The summed E-state index contributed by atoms with van der Waals surface area (Å²) in [6.07, 6.45) is 3.28. The second-order valence-corrected chi connectivity index (χ2v) is 5.65. The Labute approximate surface area is 124 Å². The van der Waals surface area contributed by atoms with Crippen LogP contribution >= 0.6 is 11.3 Å². The van der Waals surface area contributed by atoms with Crippen LogP contribution in [0.3, 0.4) is 0 Å². The molecule has 0 bridgehead atoms. The lowest BCUT2D eigenvalue weighted by molar-refractivity contribution is 0.415. The molecule has 1 N–H and O–H groups in total. The summed E-state index contributed by atoms with van der Waals surface area (Å²) in [6.45, 7) is 4.32. The van der Waals surface area contributed by atoms with Gasteiger partial charge >= 0.3 is 0 Å². The first-order valence-corrected chi connectivity index (χ1v) is 7.82. The van der Waals surface area contributed by atoms with Gasteiger partial charge in [-0.15, -0.1) is 10.2 Å². The van der Waals surface area contributed by atoms with E-state index in [1.807, 2.05) is 24.3 Å². The third-order valence-corrected chi connectivity index (χ3v) is 4.01. The molecule has 0 saturated carbocycles. The number of aryl methyl sites for hydroxylation is 1. The lowest BCUT2D eigenvalue weighted by Gasteiger charge is -2.00. The van der Waals surface area contributed by atoms with Crippen molar-refractivity contribution in [3.63, 3.8) is 0 Å². The number of hydrogen-bond donors (Lipinski definition) is 1.